The van der Waals surface area contributed by atoms with Gasteiger partial charge in [-0.1, -0.05) is 30.4 Å². The topological polar surface area (TPSA) is 106 Å². The Balaban J connectivity index is 0.000000183. The first-order valence-corrected chi connectivity index (χ1v) is 15.9. The van der Waals surface area contributed by atoms with Gasteiger partial charge in [0.1, 0.15) is 57.3 Å². The summed E-state index contributed by atoms with van der Waals surface area (Å²) in [4.78, 5) is 24.6. The van der Waals surface area contributed by atoms with Gasteiger partial charge in [0.2, 0.25) is 0 Å². The second kappa shape index (κ2) is 12.3. The largest absolute Gasteiger partial charge is 0.497 e. The number of benzene rings is 2. The molecule has 9 heteroatoms. The third-order valence-corrected chi connectivity index (χ3v) is 9.49. The molecule has 4 aliphatic rings. The molecule has 4 atom stereocenters. The van der Waals surface area contributed by atoms with Crippen molar-refractivity contribution in [2.75, 3.05) is 21.3 Å². The van der Waals surface area contributed by atoms with Crippen LogP contribution in [0.3, 0.4) is 0 Å². The molecule has 9 nitrogen and oxygen atoms in total. The van der Waals surface area contributed by atoms with Crippen LogP contribution in [-0.2, 0) is 14.3 Å². The summed E-state index contributed by atoms with van der Waals surface area (Å²) in [6, 6.07) is 8.84. The number of fused-ring (bicyclic) bond motifs is 5. The Morgan fingerprint density at radius 3 is 2.38 bits per heavy atom. The molecule has 47 heavy (non-hydrogen) atoms. The highest BCUT2D eigenvalue weighted by Crippen LogP contribution is 2.50. The van der Waals surface area contributed by atoms with Crippen LogP contribution in [0.25, 0.3) is 28.2 Å². The Hall–Kier alpha value is -4.50. The Morgan fingerprint density at radius 2 is 1.70 bits per heavy atom. The molecule has 0 saturated carbocycles. The SMILES string of the molecule is C=C1C(=O)OC2C1CCC(C)=CCCC1(C)OC21.COc1ccc(-c2c(OC)c3c(OC)c4c(cc3oc2=O)OC(C)(C)C=C4)cc1. The molecule has 4 heterocycles. The second-order valence-electron chi connectivity index (χ2n) is 13.2. The maximum absolute atomic E-state index is 12.9. The third-order valence-electron chi connectivity index (χ3n) is 9.49. The standard InChI is InChI=1S/C23H22O6.C15H20O3/c1-23(2)11-10-15-16(29-23)12-17-19(20(15)26-4)21(27-5)18(22(24)28-17)13-6-8-14(25-3)9-7-13;1-9-5-4-8-15(3)13(18-15)12-11(7-6-9)10(2)14(16)17-12/h6-12H,1-5H3;5,11-13H,2,4,6-8H2,1,3H3. The van der Waals surface area contributed by atoms with E-state index in [4.69, 9.17) is 32.8 Å². The van der Waals surface area contributed by atoms with E-state index >= 15 is 0 Å². The number of methoxy groups -OCH3 is 3. The van der Waals surface area contributed by atoms with Gasteiger partial charge in [-0.05, 0) is 83.2 Å². The lowest BCUT2D eigenvalue weighted by Crippen LogP contribution is -2.28. The summed E-state index contributed by atoms with van der Waals surface area (Å²) in [5.41, 5.74) is 3.02. The summed E-state index contributed by atoms with van der Waals surface area (Å²) in [7, 11) is 4.68. The van der Waals surface area contributed by atoms with E-state index in [1.54, 1.807) is 44.6 Å². The van der Waals surface area contributed by atoms with Crippen LogP contribution in [0.2, 0.25) is 0 Å². The normalized spacial score (nSPS) is 25.5. The maximum atomic E-state index is 12.9. The van der Waals surface area contributed by atoms with E-state index in [0.717, 1.165) is 31.2 Å². The molecule has 0 N–H and O–H groups in total. The van der Waals surface area contributed by atoms with Gasteiger partial charge in [-0.25, -0.2) is 9.59 Å². The molecule has 4 unspecified atom stereocenters. The van der Waals surface area contributed by atoms with Gasteiger partial charge in [0.05, 0.1) is 32.5 Å². The number of carbonyl (C=O) groups excluding carboxylic acids is 1. The first-order valence-electron chi connectivity index (χ1n) is 15.9. The van der Waals surface area contributed by atoms with Crippen molar-refractivity contribution < 1.29 is 37.6 Å². The predicted octanol–water partition coefficient (Wildman–Crippen LogP) is 7.43. The number of ether oxygens (including phenoxy) is 6. The summed E-state index contributed by atoms with van der Waals surface area (Å²) < 4.78 is 39.6. The van der Waals surface area contributed by atoms with E-state index < -0.39 is 11.2 Å². The number of esters is 1. The molecule has 0 radical (unpaired) electrons. The molecular formula is C38H42O9. The van der Waals surface area contributed by atoms with E-state index in [2.05, 4.69) is 26.5 Å². The Labute approximate surface area is 274 Å². The lowest BCUT2D eigenvalue weighted by atomic mass is 9.84. The van der Waals surface area contributed by atoms with Crippen LogP contribution in [-0.4, -0.2) is 50.7 Å². The quantitative estimate of drug-likeness (QED) is 0.0944. The molecule has 1 aliphatic carbocycles. The summed E-state index contributed by atoms with van der Waals surface area (Å²) >= 11 is 0. The molecule has 2 fully saturated rings. The van der Waals surface area contributed by atoms with Gasteiger partial charge in [-0.3, -0.25) is 0 Å². The first kappa shape index (κ1) is 32.4. The minimum atomic E-state index is -0.507. The maximum Gasteiger partial charge on any atom is 0.347 e. The zero-order chi connectivity index (χ0) is 33.7. The Kier molecular flexibility index (Phi) is 8.47. The minimum absolute atomic E-state index is 0.0671. The monoisotopic (exact) mass is 642 g/mol. The van der Waals surface area contributed by atoms with Crippen LogP contribution < -0.4 is 24.6 Å². The molecule has 2 saturated heterocycles. The number of epoxide rings is 1. The van der Waals surface area contributed by atoms with Gasteiger partial charge in [0.25, 0.3) is 0 Å². The fourth-order valence-corrected chi connectivity index (χ4v) is 6.76. The van der Waals surface area contributed by atoms with Gasteiger partial charge in [0, 0.05) is 17.6 Å². The van der Waals surface area contributed by atoms with E-state index in [9.17, 15) is 9.59 Å². The van der Waals surface area contributed by atoms with Crippen LogP contribution in [0.15, 0.2) is 69.4 Å². The van der Waals surface area contributed by atoms with Crippen LogP contribution in [0.1, 0.15) is 58.9 Å². The fourth-order valence-electron chi connectivity index (χ4n) is 6.76. The molecule has 0 bridgehead atoms. The van der Waals surface area contributed by atoms with Gasteiger partial charge in [0.15, 0.2) is 0 Å². The number of hydrogen-bond donors (Lipinski definition) is 0. The number of rotatable bonds is 4. The molecule has 3 aromatic rings. The summed E-state index contributed by atoms with van der Waals surface area (Å²) in [5.74, 6) is 2.09. The van der Waals surface area contributed by atoms with E-state index in [-0.39, 0.29) is 29.7 Å². The number of hydrogen-bond acceptors (Lipinski definition) is 9. The molecular weight excluding hydrogens is 600 g/mol. The summed E-state index contributed by atoms with van der Waals surface area (Å²) in [5, 5.41) is 0.576. The first-order chi connectivity index (χ1) is 22.4. The van der Waals surface area contributed by atoms with Crippen molar-refractivity contribution in [3.05, 3.63) is 76.2 Å². The van der Waals surface area contributed by atoms with Crippen molar-refractivity contribution in [3.8, 4) is 34.1 Å². The fraction of sp³-hybridized carbons (Fsp3) is 0.421. The van der Waals surface area contributed by atoms with Gasteiger partial charge in [-0.15, -0.1) is 0 Å². The smallest absolute Gasteiger partial charge is 0.347 e. The van der Waals surface area contributed by atoms with E-state index in [1.807, 2.05) is 26.0 Å². The Bertz CT molecular complexity index is 1850. The zero-order valence-electron chi connectivity index (χ0n) is 28.1. The molecule has 0 amide bonds. The van der Waals surface area contributed by atoms with Crippen molar-refractivity contribution in [2.24, 2.45) is 5.92 Å². The van der Waals surface area contributed by atoms with E-state index in [0.29, 0.717) is 50.7 Å². The van der Waals surface area contributed by atoms with Crippen molar-refractivity contribution in [1.29, 1.82) is 0 Å². The van der Waals surface area contributed by atoms with Crippen molar-refractivity contribution in [2.45, 2.75) is 76.8 Å². The molecule has 248 valence electrons. The van der Waals surface area contributed by atoms with Crippen molar-refractivity contribution >= 4 is 23.0 Å². The van der Waals surface area contributed by atoms with Gasteiger partial charge in [-0.2, -0.15) is 0 Å². The van der Waals surface area contributed by atoms with Crippen LogP contribution in [0, 0.1) is 5.92 Å². The van der Waals surface area contributed by atoms with Crippen molar-refractivity contribution in [1.82, 2.24) is 0 Å². The highest BCUT2D eigenvalue weighted by molar-refractivity contribution is 5.99. The highest BCUT2D eigenvalue weighted by atomic mass is 16.6. The highest BCUT2D eigenvalue weighted by Gasteiger charge is 2.61. The van der Waals surface area contributed by atoms with Gasteiger partial charge >= 0.3 is 11.6 Å². The molecule has 1 aromatic heterocycles. The summed E-state index contributed by atoms with van der Waals surface area (Å²) in [6.45, 7) is 12.1. The molecule has 0 spiro atoms. The van der Waals surface area contributed by atoms with Crippen LogP contribution in [0.5, 0.6) is 23.0 Å². The average molecular weight is 643 g/mol. The molecule has 2 aromatic carbocycles. The average Bonchev–Trinajstić information content (AvgIpc) is 3.63. The third kappa shape index (κ3) is 6.04. The lowest BCUT2D eigenvalue weighted by molar-refractivity contribution is -0.140. The lowest BCUT2D eigenvalue weighted by Gasteiger charge is -2.29. The van der Waals surface area contributed by atoms with E-state index in [1.165, 1.54) is 12.7 Å². The predicted molar refractivity (Wildman–Crippen MR) is 179 cm³/mol. The van der Waals surface area contributed by atoms with Crippen LogP contribution in [0.4, 0.5) is 0 Å². The molecule has 3 aliphatic heterocycles. The second-order valence-corrected chi connectivity index (χ2v) is 13.2. The van der Waals surface area contributed by atoms with Crippen molar-refractivity contribution in [3.63, 3.8) is 0 Å². The van der Waals surface area contributed by atoms with Gasteiger partial charge < -0.3 is 32.8 Å². The van der Waals surface area contributed by atoms with Crippen LogP contribution >= 0.6 is 0 Å². The minimum Gasteiger partial charge on any atom is -0.497 e. The summed E-state index contributed by atoms with van der Waals surface area (Å²) in [6.07, 6.45) is 10.2. The molecule has 7 rings (SSSR count). The number of allylic oxidation sites excluding steroid dienone is 2. The Morgan fingerprint density at radius 1 is 0.979 bits per heavy atom. The number of carbonyl (C=O) groups is 1. The zero-order valence-corrected chi connectivity index (χ0v) is 28.1.